The normalized spacial score (nSPS) is 3.69. The maximum Gasteiger partial charge on any atom is 4.00 e. The van der Waals surface area contributed by atoms with Gasteiger partial charge in [0, 0.05) is 25.9 Å². The molecule has 9 heteroatoms. The van der Waals surface area contributed by atoms with Crippen LogP contribution < -0.4 is 20.4 Å². The van der Waals surface area contributed by atoms with Gasteiger partial charge in [0.15, 0.2) is 0 Å². The summed E-state index contributed by atoms with van der Waals surface area (Å²) in [7, 11) is 0. The van der Waals surface area contributed by atoms with Gasteiger partial charge in [-0.1, -0.05) is 0 Å². The van der Waals surface area contributed by atoms with Crippen LogP contribution >= 0.6 is 0 Å². The molecule has 0 unspecified atom stereocenters. The molecule has 0 heterocycles. The molecule has 0 atom stereocenters. The Kier molecular flexibility index (Phi) is 258. The topological polar surface area (TPSA) is 161 Å². The van der Waals surface area contributed by atoms with Gasteiger partial charge in [0.2, 0.25) is 0 Å². The van der Waals surface area contributed by atoms with E-state index in [1.807, 2.05) is 0 Å². The first kappa shape index (κ1) is 29.5. The fourth-order valence-corrected chi connectivity index (χ4v) is 0. The van der Waals surface area contributed by atoms with Crippen LogP contribution in [0.4, 0.5) is 0 Å². The molecule has 0 bridgehead atoms. The van der Waals surface area contributed by atoms with E-state index in [1.54, 1.807) is 0 Å². The van der Waals surface area contributed by atoms with Gasteiger partial charge >= 0.3 is 39.9 Å². The Balaban J connectivity index is -0.0000000213. The van der Waals surface area contributed by atoms with Gasteiger partial charge in [-0.2, -0.15) is 0 Å². The van der Waals surface area contributed by atoms with Crippen LogP contribution in [0.2, 0.25) is 0 Å². The summed E-state index contributed by atoms with van der Waals surface area (Å²) in [5.41, 5.74) is 0. The molecule has 13 heavy (non-hydrogen) atoms. The van der Waals surface area contributed by atoms with Crippen molar-refractivity contribution in [2.24, 2.45) is 0 Å². The van der Waals surface area contributed by atoms with Crippen molar-refractivity contribution in [3.05, 3.63) is 0 Å². The largest absolute Gasteiger partial charge is 4.00 e. The third kappa shape index (κ3) is 1500. The van der Waals surface area contributed by atoms with E-state index in [1.165, 1.54) is 0 Å². The van der Waals surface area contributed by atoms with Crippen molar-refractivity contribution in [2.45, 2.75) is 0 Å². The third-order valence-electron chi connectivity index (χ3n) is 0. The molecule has 0 saturated carbocycles. The molecular weight excluding hydrogens is 408 g/mol. The summed E-state index contributed by atoms with van der Waals surface area (Å²) in [4.78, 5) is 33.0. The minimum absolute atomic E-state index is 0. The van der Waals surface area contributed by atoms with Crippen molar-refractivity contribution in [3.8, 4) is 0 Å². The van der Waals surface area contributed by atoms with Crippen LogP contribution in [-0.2, 0) is 19.2 Å². The maximum absolute atomic E-state index is 8.25. The van der Waals surface area contributed by atoms with Crippen molar-refractivity contribution >= 4 is 25.9 Å². The smallest absolute Gasteiger partial charge is 0.554 e. The van der Waals surface area contributed by atoms with Crippen molar-refractivity contribution < 1.29 is 79.5 Å². The summed E-state index contributed by atoms with van der Waals surface area (Å²) in [5, 5.41) is 33.0. The Morgan fingerprint density at radius 1 is 0.538 bits per heavy atom. The molecule has 0 radical (unpaired) electrons. The van der Waals surface area contributed by atoms with Crippen LogP contribution in [0.1, 0.15) is 0 Å². The van der Waals surface area contributed by atoms with Gasteiger partial charge in [0.25, 0.3) is 0 Å². The second-order valence-corrected chi connectivity index (χ2v) is 0.385. The molecule has 0 aliphatic heterocycles. The Morgan fingerprint density at radius 3 is 0.538 bits per heavy atom. The molecule has 0 saturated heterocycles. The molecule has 0 amide bonds. The average molecular weight is 412 g/mol. The Hall–Kier alpha value is -0.795. The Morgan fingerprint density at radius 2 is 0.538 bits per heavy atom. The summed E-state index contributed by atoms with van der Waals surface area (Å²) in [6.45, 7) is -2.00. The number of rotatable bonds is 0. The molecule has 0 aromatic rings. The van der Waals surface area contributed by atoms with Crippen molar-refractivity contribution in [2.75, 3.05) is 0 Å². The quantitative estimate of drug-likeness (QED) is 0.355. The van der Waals surface area contributed by atoms with E-state index in [9.17, 15) is 0 Å². The molecule has 0 N–H and O–H groups in total. The molecule has 72 valence electrons. The summed E-state index contributed by atoms with van der Waals surface area (Å²) in [6, 6.07) is 0. The number of carbonyl (C=O) groups excluding carboxylic acids is 4. The van der Waals surface area contributed by atoms with Crippen LogP contribution in [0.25, 0.3) is 0 Å². The monoisotopic (exact) mass is 412 g/mol. The summed E-state index contributed by atoms with van der Waals surface area (Å²) < 4.78 is 0. The van der Waals surface area contributed by atoms with Crippen LogP contribution in [0.3, 0.4) is 0 Å². The predicted molar refractivity (Wildman–Crippen MR) is 24.3 cm³/mol. The second kappa shape index (κ2) is 114. The van der Waals surface area contributed by atoms with Gasteiger partial charge in [0.05, 0.1) is 0 Å². The number of carbonyl (C=O) groups is 4. The minimum atomic E-state index is -0.500. The van der Waals surface area contributed by atoms with Gasteiger partial charge in [-0.3, -0.25) is 0 Å². The Bertz CT molecular complexity index is 70.1. The van der Waals surface area contributed by atoms with Gasteiger partial charge in [-0.15, -0.1) is 0 Å². The fraction of sp³-hybridized carbons (Fsp3) is 0. The molecule has 0 aromatic carbocycles. The molecule has 0 aliphatic carbocycles. The molecule has 0 aliphatic rings. The summed E-state index contributed by atoms with van der Waals surface area (Å²) >= 11 is 0. The number of hydrogen-bond acceptors (Lipinski definition) is 8. The van der Waals surface area contributed by atoms with Crippen LogP contribution in [0, 0.1) is 39.9 Å². The zero-order valence-corrected chi connectivity index (χ0v) is 10.2. The SMILES string of the molecule is O=C[O-].O=C[O-].O=C[O-].O=C[O-].[Th+4]. The van der Waals surface area contributed by atoms with Gasteiger partial charge in [0.1, 0.15) is 0 Å². The number of carboxylic acid groups (broad SMARTS) is 4. The minimum Gasteiger partial charge on any atom is -0.554 e. The average Bonchev–Trinajstić information content (AvgIpc) is 1.92. The van der Waals surface area contributed by atoms with E-state index >= 15 is 0 Å². The zero-order valence-electron chi connectivity index (χ0n) is 6.08. The second-order valence-electron chi connectivity index (χ2n) is 0.385. The van der Waals surface area contributed by atoms with Crippen LogP contribution in [0.15, 0.2) is 0 Å². The molecule has 0 aromatic heterocycles. The van der Waals surface area contributed by atoms with E-state index < -0.39 is 25.9 Å². The van der Waals surface area contributed by atoms with Gasteiger partial charge in [-0.05, 0) is 0 Å². The van der Waals surface area contributed by atoms with Crippen LogP contribution in [0.5, 0.6) is 0 Å². The van der Waals surface area contributed by atoms with Crippen molar-refractivity contribution in [1.29, 1.82) is 0 Å². The van der Waals surface area contributed by atoms with Crippen LogP contribution in [-0.4, -0.2) is 25.9 Å². The van der Waals surface area contributed by atoms with E-state index in [0.29, 0.717) is 0 Å². The van der Waals surface area contributed by atoms with Crippen molar-refractivity contribution in [3.63, 3.8) is 0 Å². The molecular formula is C4H4O8Th. The summed E-state index contributed by atoms with van der Waals surface area (Å²) in [6.07, 6.45) is 0. The first-order valence-electron chi connectivity index (χ1n) is 1.89. The maximum atomic E-state index is 8.25. The standard InChI is InChI=1S/4CH2O2.Th/c4*2-1-3;/h4*1H,(H,2,3);/q;;;;+4/p-4. The first-order chi connectivity index (χ1) is 5.66. The molecule has 0 fully saturated rings. The zero-order chi connectivity index (χ0) is 10.8. The van der Waals surface area contributed by atoms with Gasteiger partial charge in [-0.25, -0.2) is 0 Å². The first-order valence-corrected chi connectivity index (χ1v) is 1.89. The fourth-order valence-electron chi connectivity index (χ4n) is 0. The predicted octanol–water partition coefficient (Wildman–Crippen LogP) is -6.54. The Labute approximate surface area is 105 Å². The van der Waals surface area contributed by atoms with E-state index in [-0.39, 0.29) is 39.9 Å². The van der Waals surface area contributed by atoms with E-state index in [0.717, 1.165) is 0 Å². The third-order valence-corrected chi connectivity index (χ3v) is 0. The number of hydrogen-bond donors (Lipinski definition) is 0. The molecule has 0 spiro atoms. The van der Waals surface area contributed by atoms with E-state index in [2.05, 4.69) is 0 Å². The molecule has 0 rings (SSSR count). The molecule has 8 nitrogen and oxygen atoms in total. The van der Waals surface area contributed by atoms with E-state index in [4.69, 9.17) is 39.6 Å². The van der Waals surface area contributed by atoms with Crippen molar-refractivity contribution in [1.82, 2.24) is 0 Å². The summed E-state index contributed by atoms with van der Waals surface area (Å²) in [5.74, 6) is 0. The van der Waals surface area contributed by atoms with Gasteiger partial charge < -0.3 is 39.6 Å².